The Morgan fingerprint density at radius 3 is 2.79 bits per heavy atom. The van der Waals surface area contributed by atoms with Gasteiger partial charge in [0, 0.05) is 30.8 Å². The second-order valence-electron chi connectivity index (χ2n) is 4.49. The van der Waals surface area contributed by atoms with Crippen molar-refractivity contribution in [2.24, 2.45) is 0 Å². The Morgan fingerprint density at radius 1 is 1.47 bits per heavy atom. The van der Waals surface area contributed by atoms with Gasteiger partial charge in [-0.05, 0) is 26.1 Å². The molecule has 1 N–H and O–H groups in total. The molecule has 1 rings (SSSR count). The van der Waals surface area contributed by atoms with E-state index in [4.69, 9.17) is 9.84 Å². The van der Waals surface area contributed by atoms with E-state index < -0.39 is 0 Å². The monoisotopic (exact) mass is 265 g/mol. The zero-order chi connectivity index (χ0) is 14.3. The van der Waals surface area contributed by atoms with Gasteiger partial charge in [0.05, 0.1) is 6.61 Å². The third-order valence-electron chi connectivity index (χ3n) is 2.94. The summed E-state index contributed by atoms with van der Waals surface area (Å²) in [5.74, 6) is 4.91. The number of halogens is 1. The van der Waals surface area contributed by atoms with Crippen LogP contribution in [0.15, 0.2) is 18.2 Å². The van der Waals surface area contributed by atoms with Gasteiger partial charge in [0.15, 0.2) is 0 Å². The minimum atomic E-state index is -0.277. The lowest BCUT2D eigenvalue weighted by Crippen LogP contribution is -2.32. The Balaban J connectivity index is 2.74. The van der Waals surface area contributed by atoms with Crippen LogP contribution in [0.4, 0.5) is 4.39 Å². The molecule has 1 atom stereocenters. The molecule has 104 valence electrons. The number of aliphatic hydroxyl groups is 1. The number of methoxy groups -OCH3 is 1. The van der Waals surface area contributed by atoms with E-state index in [1.54, 1.807) is 19.2 Å². The lowest BCUT2D eigenvalue weighted by molar-refractivity contribution is 0.111. The summed E-state index contributed by atoms with van der Waals surface area (Å²) in [5.41, 5.74) is 1.20. The van der Waals surface area contributed by atoms with E-state index in [-0.39, 0.29) is 18.5 Å². The molecule has 1 unspecified atom stereocenters. The van der Waals surface area contributed by atoms with Crippen molar-refractivity contribution >= 4 is 0 Å². The predicted octanol–water partition coefficient (Wildman–Crippen LogP) is 1.64. The van der Waals surface area contributed by atoms with Crippen LogP contribution >= 0.6 is 0 Å². The minimum absolute atomic E-state index is 0.221. The van der Waals surface area contributed by atoms with Gasteiger partial charge in [0.25, 0.3) is 0 Å². The number of likely N-dealkylation sites (N-methyl/N-ethyl adjacent to an activating group) is 1. The second-order valence-corrected chi connectivity index (χ2v) is 4.49. The molecule has 4 heteroatoms. The first-order valence-electron chi connectivity index (χ1n) is 6.15. The van der Waals surface area contributed by atoms with Crippen LogP contribution in [-0.2, 0) is 11.3 Å². The highest BCUT2D eigenvalue weighted by Crippen LogP contribution is 2.13. The van der Waals surface area contributed by atoms with Crippen molar-refractivity contribution in [1.82, 2.24) is 4.90 Å². The maximum Gasteiger partial charge on any atom is 0.128 e. The highest BCUT2D eigenvalue weighted by Gasteiger charge is 2.11. The molecule has 0 aliphatic carbocycles. The molecule has 0 heterocycles. The molecule has 0 aliphatic heterocycles. The minimum Gasteiger partial charge on any atom is -0.384 e. The molecule has 3 nitrogen and oxygen atoms in total. The molecule has 1 aromatic carbocycles. The molecular weight excluding hydrogens is 245 g/mol. The van der Waals surface area contributed by atoms with E-state index in [1.165, 1.54) is 6.07 Å². The molecular formula is C15H20FNO2. The molecule has 0 amide bonds. The summed E-state index contributed by atoms with van der Waals surface area (Å²) in [7, 11) is 3.59. The van der Waals surface area contributed by atoms with Crippen LogP contribution < -0.4 is 0 Å². The fraction of sp³-hybridized carbons (Fsp3) is 0.467. The van der Waals surface area contributed by atoms with Gasteiger partial charge in [0.2, 0.25) is 0 Å². The second kappa shape index (κ2) is 7.90. The van der Waals surface area contributed by atoms with Crippen LogP contribution in [-0.4, -0.2) is 43.4 Å². The molecule has 0 aliphatic rings. The number of nitrogens with zero attached hydrogens (tertiary/aromatic N) is 1. The fourth-order valence-electron chi connectivity index (χ4n) is 1.69. The van der Waals surface area contributed by atoms with Gasteiger partial charge in [-0.2, -0.15) is 0 Å². The standard InChI is InChI=1S/C15H20FNO2/c1-12(11-19-3)17(2)10-14-7-6-13(5-4-8-18)9-15(14)16/h6-7,9,12,18H,8,10-11H2,1-3H3. The Bertz CT molecular complexity index is 465. The van der Waals surface area contributed by atoms with E-state index in [0.29, 0.717) is 24.3 Å². The SMILES string of the molecule is COCC(C)N(C)Cc1ccc(C#CCO)cc1F. The van der Waals surface area contributed by atoms with Crippen molar-refractivity contribution in [2.45, 2.75) is 19.5 Å². The number of ether oxygens (including phenoxy) is 1. The van der Waals surface area contributed by atoms with Crippen molar-refractivity contribution in [3.8, 4) is 11.8 Å². The summed E-state index contributed by atoms with van der Waals surface area (Å²) in [6.07, 6.45) is 0. The van der Waals surface area contributed by atoms with Gasteiger partial charge in [-0.15, -0.1) is 0 Å². The zero-order valence-corrected chi connectivity index (χ0v) is 11.6. The largest absolute Gasteiger partial charge is 0.384 e. The molecule has 0 saturated carbocycles. The molecule has 19 heavy (non-hydrogen) atoms. The molecule has 0 bridgehead atoms. The normalized spacial score (nSPS) is 12.1. The molecule has 1 aromatic rings. The van der Waals surface area contributed by atoms with Gasteiger partial charge in [-0.1, -0.05) is 17.9 Å². The van der Waals surface area contributed by atoms with Crippen molar-refractivity contribution in [1.29, 1.82) is 0 Å². The van der Waals surface area contributed by atoms with Gasteiger partial charge in [0.1, 0.15) is 12.4 Å². The summed E-state index contributed by atoms with van der Waals surface area (Å²) >= 11 is 0. The summed E-state index contributed by atoms with van der Waals surface area (Å²) in [4.78, 5) is 2.03. The summed E-state index contributed by atoms with van der Waals surface area (Å²) in [6, 6.07) is 5.10. The van der Waals surface area contributed by atoms with Crippen molar-refractivity contribution in [2.75, 3.05) is 27.4 Å². The first-order valence-corrected chi connectivity index (χ1v) is 6.15. The van der Waals surface area contributed by atoms with Gasteiger partial charge in [-0.3, -0.25) is 4.90 Å². The average molecular weight is 265 g/mol. The molecule has 0 aromatic heterocycles. The van der Waals surface area contributed by atoms with Crippen LogP contribution in [0.2, 0.25) is 0 Å². The Hall–Kier alpha value is -1.41. The van der Waals surface area contributed by atoms with E-state index in [9.17, 15) is 4.39 Å². The van der Waals surface area contributed by atoms with Gasteiger partial charge < -0.3 is 9.84 Å². The number of rotatable bonds is 5. The maximum absolute atomic E-state index is 13.9. The van der Waals surface area contributed by atoms with Gasteiger partial charge in [-0.25, -0.2) is 4.39 Å². The van der Waals surface area contributed by atoms with Crippen LogP contribution in [0, 0.1) is 17.7 Å². The van der Waals surface area contributed by atoms with E-state index in [1.807, 2.05) is 18.9 Å². The average Bonchev–Trinajstić information content (AvgIpc) is 2.39. The number of benzene rings is 1. The lowest BCUT2D eigenvalue weighted by atomic mass is 10.1. The number of hydrogen-bond donors (Lipinski definition) is 1. The van der Waals surface area contributed by atoms with E-state index >= 15 is 0 Å². The zero-order valence-electron chi connectivity index (χ0n) is 11.6. The first-order chi connectivity index (χ1) is 9.08. The maximum atomic E-state index is 13.9. The topological polar surface area (TPSA) is 32.7 Å². The summed E-state index contributed by atoms with van der Waals surface area (Å²) < 4.78 is 19.0. The Labute approximate surface area is 114 Å². The number of aliphatic hydroxyl groups excluding tert-OH is 1. The predicted molar refractivity (Wildman–Crippen MR) is 73.2 cm³/mol. The fourth-order valence-corrected chi connectivity index (χ4v) is 1.69. The Kier molecular flexibility index (Phi) is 6.51. The smallest absolute Gasteiger partial charge is 0.128 e. The van der Waals surface area contributed by atoms with E-state index in [0.717, 1.165) is 0 Å². The Morgan fingerprint density at radius 2 is 2.21 bits per heavy atom. The third-order valence-corrected chi connectivity index (χ3v) is 2.94. The van der Waals surface area contributed by atoms with Crippen LogP contribution in [0.3, 0.4) is 0 Å². The third kappa shape index (κ3) is 4.99. The summed E-state index contributed by atoms with van der Waals surface area (Å²) in [5, 5.41) is 8.60. The van der Waals surface area contributed by atoms with Crippen molar-refractivity contribution < 1.29 is 14.2 Å². The molecule has 0 spiro atoms. The first kappa shape index (κ1) is 15.6. The number of hydrogen-bond acceptors (Lipinski definition) is 3. The molecule has 0 radical (unpaired) electrons. The summed E-state index contributed by atoms with van der Waals surface area (Å²) in [6.45, 7) is 2.94. The van der Waals surface area contributed by atoms with Crippen LogP contribution in [0.1, 0.15) is 18.1 Å². The van der Waals surface area contributed by atoms with Crippen LogP contribution in [0.25, 0.3) is 0 Å². The van der Waals surface area contributed by atoms with Crippen molar-refractivity contribution in [3.63, 3.8) is 0 Å². The quantitative estimate of drug-likeness (QED) is 0.822. The highest BCUT2D eigenvalue weighted by molar-refractivity contribution is 5.37. The van der Waals surface area contributed by atoms with Crippen molar-refractivity contribution in [3.05, 3.63) is 35.1 Å². The highest BCUT2D eigenvalue weighted by atomic mass is 19.1. The lowest BCUT2D eigenvalue weighted by Gasteiger charge is -2.24. The molecule has 0 fully saturated rings. The van der Waals surface area contributed by atoms with E-state index in [2.05, 4.69) is 11.8 Å². The molecule has 0 saturated heterocycles. The van der Waals surface area contributed by atoms with Crippen LogP contribution in [0.5, 0.6) is 0 Å². The van der Waals surface area contributed by atoms with Gasteiger partial charge >= 0.3 is 0 Å².